The molecular weight excluding hydrogens is 260 g/mol. The minimum Gasteiger partial charge on any atom is -0.355 e. The first kappa shape index (κ1) is 17.9. The van der Waals surface area contributed by atoms with E-state index < -0.39 is 0 Å². The Morgan fingerprint density at radius 1 is 1.10 bits per heavy atom. The third kappa shape index (κ3) is 7.44. The molecule has 1 rings (SSSR count). The number of nitrogens with zero attached hydrogens (tertiary/aromatic N) is 3. The topological polar surface area (TPSA) is 31.4 Å². The summed E-state index contributed by atoms with van der Waals surface area (Å²) < 4.78 is 0. The Labute approximate surface area is 130 Å². The van der Waals surface area contributed by atoms with Gasteiger partial charge in [0.15, 0.2) is 0 Å². The summed E-state index contributed by atoms with van der Waals surface area (Å²) in [7, 11) is 4.23. The van der Waals surface area contributed by atoms with Crippen LogP contribution in [0.1, 0.15) is 33.4 Å². The van der Waals surface area contributed by atoms with Crippen molar-refractivity contribution < 1.29 is 0 Å². The minimum atomic E-state index is 0.482. The third-order valence-electron chi connectivity index (χ3n) is 3.21. The average molecular weight is 292 g/mol. The highest BCUT2D eigenvalue weighted by Gasteiger charge is 2.11. The lowest BCUT2D eigenvalue weighted by atomic mass is 10.2. The number of hydrogen-bond donors (Lipinski definition) is 1. The van der Waals surface area contributed by atoms with Gasteiger partial charge in [0, 0.05) is 32.2 Å². The van der Waals surface area contributed by atoms with Crippen LogP contribution in [0.3, 0.4) is 0 Å². The van der Waals surface area contributed by atoms with E-state index in [1.165, 1.54) is 0 Å². The van der Waals surface area contributed by atoms with E-state index in [0.717, 1.165) is 37.7 Å². The Balaban J connectivity index is 2.77. The quantitative estimate of drug-likeness (QED) is 0.758. The third-order valence-corrected chi connectivity index (χ3v) is 3.21. The molecule has 1 heterocycles. The smallest absolute Gasteiger partial charge is 0.128 e. The van der Waals surface area contributed by atoms with Gasteiger partial charge in [-0.15, -0.1) is 0 Å². The van der Waals surface area contributed by atoms with Gasteiger partial charge in [-0.05, 0) is 32.1 Å². The van der Waals surface area contributed by atoms with Crippen molar-refractivity contribution in [2.45, 2.75) is 40.3 Å². The maximum Gasteiger partial charge on any atom is 0.128 e. The highest BCUT2D eigenvalue weighted by molar-refractivity contribution is 5.39. The van der Waals surface area contributed by atoms with Crippen LogP contribution < -0.4 is 10.2 Å². The van der Waals surface area contributed by atoms with Gasteiger partial charge in [0.1, 0.15) is 5.82 Å². The van der Waals surface area contributed by atoms with Crippen molar-refractivity contribution in [1.29, 1.82) is 0 Å². The molecule has 0 unspecified atom stereocenters. The normalized spacial score (nSPS) is 11.7. The van der Waals surface area contributed by atoms with E-state index >= 15 is 0 Å². The highest BCUT2D eigenvalue weighted by Crippen LogP contribution is 2.13. The van der Waals surface area contributed by atoms with E-state index in [4.69, 9.17) is 4.98 Å². The number of aromatic nitrogens is 1. The highest BCUT2D eigenvalue weighted by atomic mass is 15.2. The maximum absolute atomic E-state index is 4.82. The van der Waals surface area contributed by atoms with Crippen LogP contribution >= 0.6 is 0 Å². The van der Waals surface area contributed by atoms with Crippen LogP contribution in [0.4, 0.5) is 5.82 Å². The first-order valence-electron chi connectivity index (χ1n) is 7.97. The fraction of sp³-hybridized carbons (Fsp3) is 0.706. The van der Waals surface area contributed by atoms with Crippen molar-refractivity contribution in [2.24, 2.45) is 5.92 Å². The summed E-state index contributed by atoms with van der Waals surface area (Å²) in [6, 6.07) is 6.81. The van der Waals surface area contributed by atoms with E-state index in [2.05, 4.69) is 75.1 Å². The van der Waals surface area contributed by atoms with Gasteiger partial charge < -0.3 is 15.1 Å². The lowest BCUT2D eigenvalue weighted by Crippen LogP contribution is -2.35. The Morgan fingerprint density at radius 3 is 2.38 bits per heavy atom. The van der Waals surface area contributed by atoms with Crippen molar-refractivity contribution in [3.05, 3.63) is 23.9 Å². The van der Waals surface area contributed by atoms with Gasteiger partial charge in [-0.1, -0.05) is 33.8 Å². The molecule has 4 heteroatoms. The number of anilines is 1. The lowest BCUT2D eigenvalue weighted by molar-refractivity contribution is 0.408. The predicted molar refractivity (Wildman–Crippen MR) is 91.8 cm³/mol. The molecule has 1 N–H and O–H groups in total. The number of rotatable bonds is 9. The van der Waals surface area contributed by atoms with E-state index in [-0.39, 0.29) is 0 Å². The van der Waals surface area contributed by atoms with Crippen LogP contribution in [0, 0.1) is 5.92 Å². The SMILES string of the molecule is CC(C)CN(CCN(C)C)c1cccc(CNC(C)C)n1. The summed E-state index contributed by atoms with van der Waals surface area (Å²) in [5.41, 5.74) is 1.11. The standard InChI is InChI=1S/C17H32N4/c1-14(2)13-21(11-10-20(5)6)17-9-7-8-16(19-17)12-18-15(3)4/h7-9,14-15,18H,10-13H2,1-6H3. The van der Waals surface area contributed by atoms with Crippen LogP contribution in [0.25, 0.3) is 0 Å². The zero-order valence-electron chi connectivity index (χ0n) is 14.6. The number of likely N-dealkylation sites (N-methyl/N-ethyl adjacent to an activating group) is 1. The zero-order valence-corrected chi connectivity index (χ0v) is 14.6. The van der Waals surface area contributed by atoms with Crippen LogP contribution in [-0.4, -0.2) is 49.7 Å². The van der Waals surface area contributed by atoms with E-state index in [1.807, 2.05) is 0 Å². The molecule has 0 fully saturated rings. The first-order chi connectivity index (χ1) is 9.88. The molecule has 0 spiro atoms. The fourth-order valence-electron chi connectivity index (χ4n) is 2.11. The molecule has 0 amide bonds. The molecule has 120 valence electrons. The fourth-order valence-corrected chi connectivity index (χ4v) is 2.11. The molecule has 0 aromatic carbocycles. The maximum atomic E-state index is 4.82. The summed E-state index contributed by atoms with van der Waals surface area (Å²) >= 11 is 0. The number of hydrogen-bond acceptors (Lipinski definition) is 4. The first-order valence-corrected chi connectivity index (χ1v) is 7.97. The van der Waals surface area contributed by atoms with Crippen LogP contribution in [0.2, 0.25) is 0 Å². The Kier molecular flexibility index (Phi) is 7.68. The van der Waals surface area contributed by atoms with Gasteiger partial charge in [0.25, 0.3) is 0 Å². The Bertz CT molecular complexity index is 402. The summed E-state index contributed by atoms with van der Waals surface area (Å²) in [4.78, 5) is 9.43. The lowest BCUT2D eigenvalue weighted by Gasteiger charge is -2.27. The molecule has 0 bridgehead atoms. The minimum absolute atomic E-state index is 0.482. The van der Waals surface area contributed by atoms with E-state index in [9.17, 15) is 0 Å². The van der Waals surface area contributed by atoms with Crippen molar-refractivity contribution in [1.82, 2.24) is 15.2 Å². The van der Waals surface area contributed by atoms with Gasteiger partial charge in [-0.25, -0.2) is 4.98 Å². The van der Waals surface area contributed by atoms with Crippen LogP contribution in [0.5, 0.6) is 0 Å². The second-order valence-corrected chi connectivity index (χ2v) is 6.67. The second-order valence-electron chi connectivity index (χ2n) is 6.67. The van der Waals surface area contributed by atoms with Crippen molar-refractivity contribution in [2.75, 3.05) is 38.6 Å². The molecule has 1 aromatic heterocycles. The molecule has 0 aliphatic carbocycles. The molecular formula is C17H32N4. The van der Waals surface area contributed by atoms with Gasteiger partial charge in [0.05, 0.1) is 5.69 Å². The Hall–Kier alpha value is -1.13. The largest absolute Gasteiger partial charge is 0.355 e. The van der Waals surface area contributed by atoms with Crippen LogP contribution in [0.15, 0.2) is 18.2 Å². The summed E-state index contributed by atoms with van der Waals surface area (Å²) in [6.45, 7) is 12.8. The molecule has 0 saturated heterocycles. The molecule has 0 atom stereocenters. The predicted octanol–water partition coefficient (Wildman–Crippen LogP) is 2.60. The Morgan fingerprint density at radius 2 is 1.81 bits per heavy atom. The number of nitrogens with one attached hydrogen (secondary N) is 1. The summed E-state index contributed by atoms with van der Waals surface area (Å²) in [5, 5.41) is 3.43. The van der Waals surface area contributed by atoms with E-state index in [1.54, 1.807) is 0 Å². The molecule has 0 aliphatic rings. The molecule has 0 aliphatic heterocycles. The molecule has 4 nitrogen and oxygen atoms in total. The molecule has 0 radical (unpaired) electrons. The van der Waals surface area contributed by atoms with Gasteiger partial charge in [-0.2, -0.15) is 0 Å². The summed E-state index contributed by atoms with van der Waals surface area (Å²) in [5.74, 6) is 1.72. The molecule has 1 aromatic rings. The van der Waals surface area contributed by atoms with Gasteiger partial charge >= 0.3 is 0 Å². The monoisotopic (exact) mass is 292 g/mol. The number of pyridine rings is 1. The second kappa shape index (κ2) is 9.00. The van der Waals surface area contributed by atoms with Crippen molar-refractivity contribution in [3.63, 3.8) is 0 Å². The van der Waals surface area contributed by atoms with Crippen LogP contribution in [-0.2, 0) is 6.54 Å². The summed E-state index contributed by atoms with van der Waals surface area (Å²) in [6.07, 6.45) is 0. The average Bonchev–Trinajstić information content (AvgIpc) is 2.41. The van der Waals surface area contributed by atoms with Gasteiger partial charge in [-0.3, -0.25) is 0 Å². The molecule has 21 heavy (non-hydrogen) atoms. The van der Waals surface area contributed by atoms with Crippen molar-refractivity contribution in [3.8, 4) is 0 Å². The zero-order chi connectivity index (χ0) is 15.8. The van der Waals surface area contributed by atoms with E-state index in [0.29, 0.717) is 12.0 Å². The van der Waals surface area contributed by atoms with Gasteiger partial charge in [0.2, 0.25) is 0 Å². The van der Waals surface area contributed by atoms with Crippen molar-refractivity contribution >= 4 is 5.82 Å². The molecule has 0 saturated carbocycles.